The number of hydrogen-bond donors (Lipinski definition) is 3. The van der Waals surface area contributed by atoms with Crippen LogP contribution in [0, 0.1) is 12.3 Å². The smallest absolute Gasteiger partial charge is 0.321 e. The standard InChI is InChI=1S/C13H20N4O4/c1-5-13(3,10(18)19)7-14-12(20)17-11-15-8(2)6-9(16-11)21-4/h6H,5,7H2,1-4H3,(H,18,19)(H2,14,15,16,17,20). The molecule has 21 heavy (non-hydrogen) atoms. The number of hydrogen-bond acceptors (Lipinski definition) is 5. The van der Waals surface area contributed by atoms with E-state index in [0.717, 1.165) is 0 Å². The molecule has 1 rings (SSSR count). The number of ether oxygens (including phenoxy) is 1. The van der Waals surface area contributed by atoms with E-state index >= 15 is 0 Å². The zero-order chi connectivity index (χ0) is 16.0. The minimum atomic E-state index is -1.01. The summed E-state index contributed by atoms with van der Waals surface area (Å²) in [5.41, 5.74) is -0.372. The molecule has 0 saturated carbocycles. The first kappa shape index (κ1) is 16.7. The maximum Gasteiger partial charge on any atom is 0.321 e. The van der Waals surface area contributed by atoms with Crippen LogP contribution in [0.3, 0.4) is 0 Å². The summed E-state index contributed by atoms with van der Waals surface area (Å²) in [7, 11) is 1.46. The van der Waals surface area contributed by atoms with Gasteiger partial charge in [-0.2, -0.15) is 4.98 Å². The summed E-state index contributed by atoms with van der Waals surface area (Å²) in [4.78, 5) is 30.9. The average molecular weight is 296 g/mol. The third-order valence-electron chi connectivity index (χ3n) is 3.20. The molecule has 0 aromatic carbocycles. The largest absolute Gasteiger partial charge is 0.481 e. The lowest BCUT2D eigenvalue weighted by atomic mass is 9.88. The molecule has 0 aliphatic heterocycles. The van der Waals surface area contributed by atoms with Crippen molar-refractivity contribution in [2.24, 2.45) is 5.41 Å². The Morgan fingerprint density at radius 2 is 2.10 bits per heavy atom. The number of nitrogens with zero attached hydrogens (tertiary/aromatic N) is 2. The lowest BCUT2D eigenvalue weighted by molar-refractivity contribution is -0.147. The van der Waals surface area contributed by atoms with E-state index in [0.29, 0.717) is 18.0 Å². The Bertz CT molecular complexity index is 535. The number of methoxy groups -OCH3 is 1. The van der Waals surface area contributed by atoms with Crippen molar-refractivity contribution in [1.29, 1.82) is 0 Å². The molecule has 8 heteroatoms. The highest BCUT2D eigenvalue weighted by molar-refractivity contribution is 5.88. The zero-order valence-electron chi connectivity index (χ0n) is 12.6. The van der Waals surface area contributed by atoms with Crippen molar-refractivity contribution in [2.45, 2.75) is 27.2 Å². The Hall–Kier alpha value is -2.38. The number of aryl methyl sites for hydroxylation is 1. The molecule has 1 unspecified atom stereocenters. The zero-order valence-corrected chi connectivity index (χ0v) is 12.6. The lowest BCUT2D eigenvalue weighted by Gasteiger charge is -2.23. The van der Waals surface area contributed by atoms with Gasteiger partial charge in [-0.25, -0.2) is 9.78 Å². The van der Waals surface area contributed by atoms with E-state index in [1.54, 1.807) is 26.8 Å². The van der Waals surface area contributed by atoms with E-state index in [-0.39, 0.29) is 12.5 Å². The second-order valence-corrected chi connectivity index (χ2v) is 4.90. The normalized spacial score (nSPS) is 13.1. The summed E-state index contributed by atoms with van der Waals surface area (Å²) >= 11 is 0. The highest BCUT2D eigenvalue weighted by Gasteiger charge is 2.31. The molecule has 0 spiro atoms. The number of amides is 2. The predicted octanol–water partition coefficient (Wildman–Crippen LogP) is 1.42. The molecule has 3 N–H and O–H groups in total. The number of anilines is 1. The van der Waals surface area contributed by atoms with Crippen LogP contribution in [0.1, 0.15) is 26.0 Å². The molecule has 0 aliphatic carbocycles. The van der Waals surface area contributed by atoms with Crippen LogP contribution < -0.4 is 15.4 Å². The van der Waals surface area contributed by atoms with E-state index in [1.807, 2.05) is 0 Å². The third-order valence-corrected chi connectivity index (χ3v) is 3.20. The van der Waals surface area contributed by atoms with E-state index in [9.17, 15) is 9.59 Å². The van der Waals surface area contributed by atoms with Crippen LogP contribution >= 0.6 is 0 Å². The quantitative estimate of drug-likeness (QED) is 0.731. The number of aromatic nitrogens is 2. The van der Waals surface area contributed by atoms with E-state index in [1.165, 1.54) is 7.11 Å². The fourth-order valence-corrected chi connectivity index (χ4v) is 1.47. The molecule has 0 fully saturated rings. The van der Waals surface area contributed by atoms with Gasteiger partial charge in [0.05, 0.1) is 12.5 Å². The summed E-state index contributed by atoms with van der Waals surface area (Å²) < 4.78 is 4.98. The molecule has 0 radical (unpaired) electrons. The first-order valence-electron chi connectivity index (χ1n) is 6.48. The Kier molecular flexibility index (Phi) is 5.45. The fraction of sp³-hybridized carbons (Fsp3) is 0.538. The Balaban J connectivity index is 2.66. The molecule has 8 nitrogen and oxygen atoms in total. The number of carbonyl (C=O) groups excluding carboxylic acids is 1. The maximum absolute atomic E-state index is 11.8. The van der Waals surface area contributed by atoms with Crippen molar-refractivity contribution in [3.05, 3.63) is 11.8 Å². The first-order chi connectivity index (χ1) is 9.80. The van der Waals surface area contributed by atoms with Crippen molar-refractivity contribution in [3.63, 3.8) is 0 Å². The summed E-state index contributed by atoms with van der Waals surface area (Å²) in [5.74, 6) is -0.529. The van der Waals surface area contributed by atoms with Crippen molar-refractivity contribution in [1.82, 2.24) is 15.3 Å². The molecular formula is C13H20N4O4. The van der Waals surface area contributed by atoms with Gasteiger partial charge >= 0.3 is 12.0 Å². The summed E-state index contributed by atoms with van der Waals surface area (Å²) in [6.07, 6.45) is 0.400. The van der Waals surface area contributed by atoms with Gasteiger partial charge in [-0.3, -0.25) is 10.1 Å². The Morgan fingerprint density at radius 1 is 1.43 bits per heavy atom. The molecule has 1 atom stereocenters. The summed E-state index contributed by atoms with van der Waals surface area (Å²) in [6, 6.07) is 1.06. The van der Waals surface area contributed by atoms with E-state index < -0.39 is 17.4 Å². The van der Waals surface area contributed by atoms with Crippen LogP contribution in [0.2, 0.25) is 0 Å². The molecular weight excluding hydrogens is 276 g/mol. The minimum Gasteiger partial charge on any atom is -0.481 e. The fourth-order valence-electron chi connectivity index (χ4n) is 1.47. The van der Waals surface area contributed by atoms with E-state index in [2.05, 4.69) is 20.6 Å². The summed E-state index contributed by atoms with van der Waals surface area (Å²) in [6.45, 7) is 5.07. The first-order valence-corrected chi connectivity index (χ1v) is 6.48. The van der Waals surface area contributed by atoms with Crippen molar-refractivity contribution >= 4 is 17.9 Å². The van der Waals surface area contributed by atoms with Gasteiger partial charge in [0.2, 0.25) is 11.8 Å². The highest BCUT2D eigenvalue weighted by atomic mass is 16.5. The van der Waals surface area contributed by atoms with Crippen LogP contribution in [-0.4, -0.2) is 40.7 Å². The third kappa shape index (κ3) is 4.59. The summed E-state index contributed by atoms with van der Waals surface area (Å²) in [5, 5.41) is 14.1. The van der Waals surface area contributed by atoms with Crippen LogP contribution in [0.5, 0.6) is 5.88 Å². The maximum atomic E-state index is 11.8. The van der Waals surface area contributed by atoms with Crippen LogP contribution in [-0.2, 0) is 4.79 Å². The number of carboxylic acid groups (broad SMARTS) is 1. The van der Waals surface area contributed by atoms with Gasteiger partial charge in [0, 0.05) is 18.3 Å². The molecule has 0 aliphatic rings. The monoisotopic (exact) mass is 296 g/mol. The Labute approximate surface area is 122 Å². The van der Waals surface area contributed by atoms with Crippen LogP contribution in [0.4, 0.5) is 10.7 Å². The molecule has 1 aromatic rings. The average Bonchev–Trinajstić information content (AvgIpc) is 2.43. The van der Waals surface area contributed by atoms with Gasteiger partial charge in [-0.15, -0.1) is 0 Å². The van der Waals surface area contributed by atoms with E-state index in [4.69, 9.17) is 9.84 Å². The molecule has 0 saturated heterocycles. The van der Waals surface area contributed by atoms with Crippen molar-refractivity contribution < 1.29 is 19.4 Å². The number of nitrogens with one attached hydrogen (secondary N) is 2. The second kappa shape index (κ2) is 6.87. The van der Waals surface area contributed by atoms with Gasteiger partial charge in [0.25, 0.3) is 0 Å². The van der Waals surface area contributed by atoms with Gasteiger partial charge in [-0.1, -0.05) is 6.92 Å². The Morgan fingerprint density at radius 3 is 2.62 bits per heavy atom. The number of urea groups is 1. The molecule has 1 aromatic heterocycles. The SMILES string of the molecule is CCC(C)(CNC(=O)Nc1nc(C)cc(OC)n1)C(=O)O. The number of carboxylic acids is 1. The molecule has 1 heterocycles. The van der Waals surface area contributed by atoms with Gasteiger partial charge in [-0.05, 0) is 20.3 Å². The van der Waals surface area contributed by atoms with Crippen LogP contribution in [0.15, 0.2) is 6.07 Å². The molecule has 2 amide bonds. The molecule has 0 bridgehead atoms. The lowest BCUT2D eigenvalue weighted by Crippen LogP contribution is -2.42. The second-order valence-electron chi connectivity index (χ2n) is 4.90. The highest BCUT2D eigenvalue weighted by Crippen LogP contribution is 2.19. The van der Waals surface area contributed by atoms with Crippen LogP contribution in [0.25, 0.3) is 0 Å². The van der Waals surface area contributed by atoms with Crippen molar-refractivity contribution in [3.8, 4) is 5.88 Å². The number of aliphatic carboxylic acids is 1. The predicted molar refractivity (Wildman–Crippen MR) is 76.4 cm³/mol. The minimum absolute atomic E-state index is 0.00756. The van der Waals surface area contributed by atoms with Gasteiger partial charge in [0.15, 0.2) is 0 Å². The number of rotatable bonds is 6. The van der Waals surface area contributed by atoms with Gasteiger partial charge < -0.3 is 15.2 Å². The van der Waals surface area contributed by atoms with Gasteiger partial charge in [0.1, 0.15) is 0 Å². The topological polar surface area (TPSA) is 113 Å². The molecule has 116 valence electrons. The number of carbonyl (C=O) groups is 2. The van der Waals surface area contributed by atoms with Crippen molar-refractivity contribution in [2.75, 3.05) is 19.0 Å².